The lowest BCUT2D eigenvalue weighted by molar-refractivity contribution is 0.0846. The molecule has 2 aromatic carbocycles. The largest absolute Gasteiger partial charge is 0.360 e. The summed E-state index contributed by atoms with van der Waals surface area (Å²) in [5.41, 5.74) is 5.29. The zero-order chi connectivity index (χ0) is 22.0. The molecule has 0 saturated heterocycles. The summed E-state index contributed by atoms with van der Waals surface area (Å²) in [7, 11) is 0. The average molecular weight is 442 g/mol. The summed E-state index contributed by atoms with van der Waals surface area (Å²) in [5.74, 6) is -1.85. The first-order valence-electron chi connectivity index (χ1n) is 8.80. The van der Waals surface area contributed by atoms with Gasteiger partial charge < -0.3 is 4.52 Å². The molecule has 0 bridgehead atoms. The van der Waals surface area contributed by atoms with Gasteiger partial charge >= 0.3 is 0 Å². The number of benzene rings is 2. The molecule has 2 N–H and O–H groups in total. The Labute approximate surface area is 179 Å². The number of hydrazine groups is 1. The summed E-state index contributed by atoms with van der Waals surface area (Å²) >= 11 is 6.07. The Hall–Kier alpha value is -4.12. The number of nitrogens with zero attached hydrogens (tertiary/aromatic N) is 5. The summed E-state index contributed by atoms with van der Waals surface area (Å²) in [5, 5.41) is 14.6. The van der Waals surface area contributed by atoms with Gasteiger partial charge in [-0.15, -0.1) is 5.10 Å². The summed E-state index contributed by atoms with van der Waals surface area (Å²) in [4.78, 5) is 25.0. The molecule has 2 aromatic heterocycles. The van der Waals surface area contributed by atoms with E-state index >= 15 is 0 Å². The first-order chi connectivity index (χ1) is 15.0. The van der Waals surface area contributed by atoms with Gasteiger partial charge in [-0.2, -0.15) is 0 Å². The van der Waals surface area contributed by atoms with Crippen molar-refractivity contribution in [3.63, 3.8) is 0 Å². The van der Waals surface area contributed by atoms with Gasteiger partial charge in [0.15, 0.2) is 0 Å². The van der Waals surface area contributed by atoms with E-state index < -0.39 is 17.6 Å². The van der Waals surface area contributed by atoms with Crippen LogP contribution in [-0.4, -0.2) is 37.2 Å². The smallest absolute Gasteiger partial charge is 0.275 e. The lowest BCUT2D eigenvalue weighted by Gasteiger charge is -2.09. The highest BCUT2D eigenvalue weighted by Gasteiger charge is 2.25. The highest BCUT2D eigenvalue weighted by molar-refractivity contribution is 6.33. The van der Waals surface area contributed by atoms with E-state index in [1.807, 2.05) is 0 Å². The fraction of sp³-hybridized carbons (Fsp3) is 0.0526. The molecule has 0 radical (unpaired) electrons. The van der Waals surface area contributed by atoms with Crippen molar-refractivity contribution in [3.8, 4) is 16.9 Å². The van der Waals surface area contributed by atoms with E-state index in [1.54, 1.807) is 12.1 Å². The van der Waals surface area contributed by atoms with Crippen LogP contribution in [0.15, 0.2) is 53.3 Å². The van der Waals surface area contributed by atoms with E-state index in [1.165, 1.54) is 48.3 Å². The number of rotatable bonds is 4. The van der Waals surface area contributed by atoms with Crippen LogP contribution in [0.2, 0.25) is 5.02 Å². The quantitative estimate of drug-likeness (QED) is 0.465. The van der Waals surface area contributed by atoms with Crippen molar-refractivity contribution in [2.24, 2.45) is 0 Å². The lowest BCUT2D eigenvalue weighted by atomic mass is 10.1. The van der Waals surface area contributed by atoms with Crippen LogP contribution in [0.1, 0.15) is 26.5 Å². The SMILES string of the molecule is Cc1onc(-c2c(F)cccc2Cl)c1C(=O)NNC(=O)c1ccc(-n2cnnn2)cc1. The normalized spacial score (nSPS) is 10.7. The fourth-order valence-corrected chi connectivity index (χ4v) is 3.08. The Morgan fingerprint density at radius 3 is 2.52 bits per heavy atom. The summed E-state index contributed by atoms with van der Waals surface area (Å²) in [6.07, 6.45) is 1.41. The van der Waals surface area contributed by atoms with Crippen LogP contribution in [0, 0.1) is 12.7 Å². The lowest BCUT2D eigenvalue weighted by Crippen LogP contribution is -2.41. The number of hydrogen-bond donors (Lipinski definition) is 2. The molecular weight excluding hydrogens is 429 g/mol. The van der Waals surface area contributed by atoms with Crippen LogP contribution < -0.4 is 10.9 Å². The van der Waals surface area contributed by atoms with Gasteiger partial charge in [0.25, 0.3) is 11.8 Å². The zero-order valence-electron chi connectivity index (χ0n) is 15.8. The molecular formula is C19H13ClFN7O3. The maximum Gasteiger partial charge on any atom is 0.275 e. The predicted octanol–water partition coefficient (Wildman–Crippen LogP) is 2.49. The van der Waals surface area contributed by atoms with Gasteiger partial charge in [-0.3, -0.25) is 20.4 Å². The first kappa shape index (κ1) is 20.2. The topological polar surface area (TPSA) is 128 Å². The van der Waals surface area contributed by atoms with Crippen molar-refractivity contribution in [2.75, 3.05) is 0 Å². The molecule has 0 aliphatic carbocycles. The molecule has 31 heavy (non-hydrogen) atoms. The Morgan fingerprint density at radius 2 is 1.84 bits per heavy atom. The number of halogens is 2. The van der Waals surface area contributed by atoms with Gasteiger partial charge in [0.05, 0.1) is 16.3 Å². The van der Waals surface area contributed by atoms with E-state index in [-0.39, 0.29) is 33.2 Å². The third kappa shape index (κ3) is 3.98. The molecule has 0 aliphatic rings. The van der Waals surface area contributed by atoms with E-state index in [2.05, 4.69) is 31.5 Å². The molecule has 0 saturated carbocycles. The molecule has 0 fully saturated rings. The summed E-state index contributed by atoms with van der Waals surface area (Å²) in [6, 6.07) is 10.4. The van der Waals surface area contributed by atoms with E-state index in [0.29, 0.717) is 5.69 Å². The second-order valence-corrected chi connectivity index (χ2v) is 6.68. The first-order valence-corrected chi connectivity index (χ1v) is 9.18. The zero-order valence-corrected chi connectivity index (χ0v) is 16.6. The molecule has 156 valence electrons. The maximum atomic E-state index is 14.3. The minimum absolute atomic E-state index is 0.0543. The monoisotopic (exact) mass is 441 g/mol. The Balaban J connectivity index is 1.50. The second-order valence-electron chi connectivity index (χ2n) is 6.27. The highest BCUT2D eigenvalue weighted by atomic mass is 35.5. The van der Waals surface area contributed by atoms with Crippen LogP contribution in [0.3, 0.4) is 0 Å². The second kappa shape index (κ2) is 8.32. The van der Waals surface area contributed by atoms with E-state index in [0.717, 1.165) is 0 Å². The van der Waals surface area contributed by atoms with Gasteiger partial charge in [-0.05, 0) is 53.7 Å². The van der Waals surface area contributed by atoms with Crippen molar-refractivity contribution >= 4 is 23.4 Å². The number of aromatic nitrogens is 5. The van der Waals surface area contributed by atoms with Crippen molar-refractivity contribution in [2.45, 2.75) is 6.92 Å². The summed E-state index contributed by atoms with van der Waals surface area (Å²) < 4.78 is 20.8. The van der Waals surface area contributed by atoms with Crippen molar-refractivity contribution < 1.29 is 18.5 Å². The van der Waals surface area contributed by atoms with Crippen LogP contribution in [0.5, 0.6) is 0 Å². The number of nitrogens with one attached hydrogen (secondary N) is 2. The molecule has 2 amide bonds. The standard InChI is InChI=1S/C19H13ClFN7O3/c1-10-15(17(25-31-10)16-13(20)3-2-4-14(16)21)19(30)24-23-18(29)11-5-7-12(8-6-11)28-9-22-26-27-28/h2-9H,1H3,(H,23,29)(H,24,30). The molecule has 0 unspecified atom stereocenters. The third-order valence-corrected chi connectivity index (χ3v) is 4.64. The molecule has 0 aliphatic heterocycles. The van der Waals surface area contributed by atoms with Crippen LogP contribution in [0.4, 0.5) is 4.39 Å². The molecule has 2 heterocycles. The minimum atomic E-state index is -0.744. The average Bonchev–Trinajstić information content (AvgIpc) is 3.42. The van der Waals surface area contributed by atoms with Crippen molar-refractivity contribution in [3.05, 3.63) is 76.5 Å². The Morgan fingerprint density at radius 1 is 1.10 bits per heavy atom. The number of carbonyl (C=O) groups excluding carboxylic acids is 2. The molecule has 4 rings (SSSR count). The van der Waals surface area contributed by atoms with Crippen molar-refractivity contribution in [1.29, 1.82) is 0 Å². The summed E-state index contributed by atoms with van der Waals surface area (Å²) in [6.45, 7) is 1.49. The molecule has 12 heteroatoms. The molecule has 0 spiro atoms. The molecule has 10 nitrogen and oxygen atoms in total. The van der Waals surface area contributed by atoms with Gasteiger partial charge in [-0.1, -0.05) is 22.8 Å². The molecule has 4 aromatic rings. The van der Waals surface area contributed by atoms with E-state index in [9.17, 15) is 14.0 Å². The number of carbonyl (C=O) groups is 2. The van der Waals surface area contributed by atoms with Gasteiger partial charge in [0, 0.05) is 5.56 Å². The highest BCUT2D eigenvalue weighted by Crippen LogP contribution is 2.33. The van der Waals surface area contributed by atoms with Crippen LogP contribution in [-0.2, 0) is 0 Å². The Kier molecular flexibility index (Phi) is 5.41. The number of tetrazole rings is 1. The van der Waals surface area contributed by atoms with Crippen LogP contribution >= 0.6 is 11.6 Å². The number of hydrogen-bond acceptors (Lipinski definition) is 7. The third-order valence-electron chi connectivity index (χ3n) is 4.32. The minimum Gasteiger partial charge on any atom is -0.360 e. The number of amides is 2. The maximum absolute atomic E-state index is 14.3. The van der Waals surface area contributed by atoms with Crippen molar-refractivity contribution in [1.82, 2.24) is 36.2 Å². The van der Waals surface area contributed by atoms with Gasteiger partial charge in [-0.25, -0.2) is 9.07 Å². The van der Waals surface area contributed by atoms with Crippen LogP contribution in [0.25, 0.3) is 16.9 Å². The predicted molar refractivity (Wildman–Crippen MR) is 106 cm³/mol. The number of aryl methyl sites for hydroxylation is 1. The van der Waals surface area contributed by atoms with Gasteiger partial charge in [0.1, 0.15) is 29.2 Å². The van der Waals surface area contributed by atoms with E-state index in [4.69, 9.17) is 16.1 Å². The van der Waals surface area contributed by atoms with Gasteiger partial charge in [0.2, 0.25) is 0 Å². The molecule has 0 atom stereocenters. The fourth-order valence-electron chi connectivity index (χ4n) is 2.83. The Bertz CT molecular complexity index is 1240.